The minimum absolute atomic E-state index is 0.166. The molecular formula is C21H20N4O5. The quantitative estimate of drug-likeness (QED) is 0.360. The lowest BCUT2D eigenvalue weighted by molar-refractivity contribution is -0.384. The fraction of sp³-hybridized carbons (Fsp3) is 0.190. The number of aryl methyl sites for hydroxylation is 2. The number of amides is 4. The van der Waals surface area contributed by atoms with Crippen molar-refractivity contribution in [3.8, 4) is 0 Å². The first-order valence-electron chi connectivity index (χ1n) is 9.04. The second kappa shape index (κ2) is 7.78. The fourth-order valence-corrected chi connectivity index (χ4v) is 3.25. The molecule has 2 aromatic rings. The van der Waals surface area contributed by atoms with Gasteiger partial charge in [0.25, 0.3) is 17.5 Å². The lowest BCUT2D eigenvalue weighted by Gasteiger charge is -2.27. The highest BCUT2D eigenvalue weighted by molar-refractivity contribution is 6.39. The van der Waals surface area contributed by atoms with Crippen LogP contribution in [0.15, 0.2) is 42.0 Å². The molecule has 1 aliphatic heterocycles. The van der Waals surface area contributed by atoms with Crippen LogP contribution in [0.3, 0.4) is 0 Å². The number of nitrogens with zero attached hydrogens (tertiary/aromatic N) is 3. The van der Waals surface area contributed by atoms with E-state index in [1.54, 1.807) is 44.1 Å². The molecule has 0 aliphatic carbocycles. The second-order valence-corrected chi connectivity index (χ2v) is 7.15. The molecule has 2 aromatic carbocycles. The molecule has 9 nitrogen and oxygen atoms in total. The number of nitro groups is 1. The van der Waals surface area contributed by atoms with Crippen LogP contribution in [-0.4, -0.2) is 36.9 Å². The van der Waals surface area contributed by atoms with Crippen LogP contribution >= 0.6 is 0 Å². The highest BCUT2D eigenvalue weighted by Gasteiger charge is 2.37. The van der Waals surface area contributed by atoms with Gasteiger partial charge in [-0.1, -0.05) is 23.8 Å². The molecule has 30 heavy (non-hydrogen) atoms. The van der Waals surface area contributed by atoms with Gasteiger partial charge in [0.05, 0.1) is 10.6 Å². The monoisotopic (exact) mass is 408 g/mol. The van der Waals surface area contributed by atoms with Gasteiger partial charge in [-0.05, 0) is 43.2 Å². The molecule has 0 unspecified atom stereocenters. The van der Waals surface area contributed by atoms with Crippen LogP contribution in [0.4, 0.5) is 21.9 Å². The predicted molar refractivity (Wildman–Crippen MR) is 112 cm³/mol. The molecule has 0 atom stereocenters. The molecule has 9 heteroatoms. The van der Waals surface area contributed by atoms with Crippen molar-refractivity contribution < 1.29 is 19.3 Å². The molecule has 4 amide bonds. The fourth-order valence-electron chi connectivity index (χ4n) is 3.25. The first-order valence-corrected chi connectivity index (χ1v) is 9.04. The number of benzene rings is 2. The molecule has 0 bridgehead atoms. The number of imide groups is 2. The highest BCUT2D eigenvalue weighted by atomic mass is 16.6. The maximum absolute atomic E-state index is 13.0. The van der Waals surface area contributed by atoms with Gasteiger partial charge in [0, 0.05) is 20.2 Å². The molecular weight excluding hydrogens is 388 g/mol. The third-order valence-electron chi connectivity index (χ3n) is 4.68. The van der Waals surface area contributed by atoms with Crippen LogP contribution in [-0.2, 0) is 9.59 Å². The third-order valence-corrected chi connectivity index (χ3v) is 4.68. The Morgan fingerprint density at radius 2 is 1.77 bits per heavy atom. The summed E-state index contributed by atoms with van der Waals surface area (Å²) in [6.07, 6.45) is 1.24. The van der Waals surface area contributed by atoms with Crippen molar-refractivity contribution in [3.05, 3.63) is 68.8 Å². The Hall–Kier alpha value is -4.01. The van der Waals surface area contributed by atoms with Crippen molar-refractivity contribution in [1.29, 1.82) is 0 Å². The number of nitrogens with one attached hydrogen (secondary N) is 1. The van der Waals surface area contributed by atoms with Crippen LogP contribution in [0.2, 0.25) is 0 Å². The highest BCUT2D eigenvalue weighted by Crippen LogP contribution is 2.30. The number of urea groups is 1. The summed E-state index contributed by atoms with van der Waals surface area (Å²) in [5, 5.41) is 13.6. The molecule has 1 saturated heterocycles. The van der Waals surface area contributed by atoms with Crippen LogP contribution in [0.25, 0.3) is 6.08 Å². The molecule has 1 N–H and O–H groups in total. The van der Waals surface area contributed by atoms with Gasteiger partial charge in [-0.2, -0.15) is 0 Å². The molecule has 0 radical (unpaired) electrons. The summed E-state index contributed by atoms with van der Waals surface area (Å²) in [7, 11) is 3.35. The van der Waals surface area contributed by atoms with Crippen LogP contribution in [0.5, 0.6) is 0 Å². The maximum Gasteiger partial charge on any atom is 0.335 e. The van der Waals surface area contributed by atoms with Crippen molar-refractivity contribution in [2.45, 2.75) is 13.8 Å². The largest absolute Gasteiger partial charge is 0.372 e. The van der Waals surface area contributed by atoms with Gasteiger partial charge in [-0.3, -0.25) is 25.0 Å². The molecule has 1 aliphatic rings. The Bertz CT molecular complexity index is 1120. The zero-order valence-corrected chi connectivity index (χ0v) is 16.9. The number of hydrogen-bond acceptors (Lipinski definition) is 6. The van der Waals surface area contributed by atoms with E-state index in [1.165, 1.54) is 18.2 Å². The van der Waals surface area contributed by atoms with Crippen molar-refractivity contribution in [3.63, 3.8) is 0 Å². The maximum atomic E-state index is 13.0. The molecule has 0 saturated carbocycles. The van der Waals surface area contributed by atoms with Crippen molar-refractivity contribution in [1.82, 2.24) is 5.32 Å². The Balaban J connectivity index is 2.07. The van der Waals surface area contributed by atoms with E-state index >= 15 is 0 Å². The van der Waals surface area contributed by atoms with Crippen LogP contribution in [0.1, 0.15) is 16.7 Å². The Labute approximate surface area is 172 Å². The summed E-state index contributed by atoms with van der Waals surface area (Å²) in [5.41, 5.74) is 2.23. The lowest BCUT2D eigenvalue weighted by atomic mass is 10.0. The molecule has 154 valence electrons. The summed E-state index contributed by atoms with van der Waals surface area (Å²) in [4.78, 5) is 51.1. The Kier molecular flexibility index (Phi) is 5.37. The molecule has 0 spiro atoms. The average Bonchev–Trinajstić information content (AvgIpc) is 2.66. The number of barbiturate groups is 1. The first kappa shape index (κ1) is 20.7. The molecule has 1 heterocycles. The normalized spacial score (nSPS) is 15.4. The SMILES string of the molecule is Cc1ccc(N2C(=O)NC(=O)C(=Cc3ccc(N(C)C)c([N+](=O)[O-])c3)C2=O)c(C)c1. The number of carbonyl (C=O) groups excluding carboxylic acids is 3. The lowest BCUT2D eigenvalue weighted by Crippen LogP contribution is -2.54. The minimum atomic E-state index is -0.856. The second-order valence-electron chi connectivity index (χ2n) is 7.15. The van der Waals surface area contributed by atoms with Gasteiger partial charge in [0.2, 0.25) is 0 Å². The van der Waals surface area contributed by atoms with Gasteiger partial charge in [-0.15, -0.1) is 0 Å². The van der Waals surface area contributed by atoms with E-state index in [0.29, 0.717) is 22.5 Å². The molecule has 3 rings (SSSR count). The Morgan fingerprint density at radius 1 is 1.07 bits per heavy atom. The van der Waals surface area contributed by atoms with E-state index in [4.69, 9.17) is 0 Å². The number of anilines is 2. The van der Waals surface area contributed by atoms with Gasteiger partial charge < -0.3 is 4.90 Å². The summed E-state index contributed by atoms with van der Waals surface area (Å²) in [6, 6.07) is 8.73. The van der Waals surface area contributed by atoms with E-state index in [2.05, 4.69) is 5.32 Å². The number of nitro benzene ring substituents is 1. The summed E-state index contributed by atoms with van der Waals surface area (Å²) in [5.74, 6) is -1.65. The standard InChI is InChI=1S/C21H20N4O5/c1-12-5-7-16(13(2)9-12)24-20(27)15(19(26)22-21(24)28)10-14-6-8-17(23(3)4)18(11-14)25(29)30/h5-11H,1-4H3,(H,22,26,28). The van der Waals surface area contributed by atoms with Crippen LogP contribution in [0, 0.1) is 24.0 Å². The summed E-state index contributed by atoms with van der Waals surface area (Å²) >= 11 is 0. The zero-order valence-electron chi connectivity index (χ0n) is 16.9. The number of carbonyl (C=O) groups is 3. The van der Waals surface area contributed by atoms with E-state index in [9.17, 15) is 24.5 Å². The van der Waals surface area contributed by atoms with E-state index < -0.39 is 22.8 Å². The first-order chi connectivity index (χ1) is 14.1. The third kappa shape index (κ3) is 3.77. The summed E-state index contributed by atoms with van der Waals surface area (Å²) in [6.45, 7) is 3.64. The Morgan fingerprint density at radius 3 is 2.37 bits per heavy atom. The van der Waals surface area contributed by atoms with E-state index in [1.807, 2.05) is 13.0 Å². The van der Waals surface area contributed by atoms with Gasteiger partial charge >= 0.3 is 6.03 Å². The summed E-state index contributed by atoms with van der Waals surface area (Å²) < 4.78 is 0. The van der Waals surface area contributed by atoms with Crippen molar-refractivity contribution >= 4 is 41.0 Å². The molecule has 1 fully saturated rings. The average molecular weight is 408 g/mol. The van der Waals surface area contributed by atoms with E-state index in [0.717, 1.165) is 10.5 Å². The van der Waals surface area contributed by atoms with Crippen molar-refractivity contribution in [2.24, 2.45) is 0 Å². The van der Waals surface area contributed by atoms with Gasteiger partial charge in [-0.25, -0.2) is 9.69 Å². The predicted octanol–water partition coefficient (Wildman–Crippen LogP) is 2.94. The number of hydrogen-bond donors (Lipinski definition) is 1. The van der Waals surface area contributed by atoms with Crippen molar-refractivity contribution in [2.75, 3.05) is 23.9 Å². The van der Waals surface area contributed by atoms with E-state index in [-0.39, 0.29) is 11.3 Å². The minimum Gasteiger partial charge on any atom is -0.372 e. The van der Waals surface area contributed by atoms with Crippen LogP contribution < -0.4 is 15.1 Å². The zero-order chi connectivity index (χ0) is 22.2. The van der Waals surface area contributed by atoms with Gasteiger partial charge in [0.15, 0.2) is 0 Å². The number of rotatable bonds is 4. The van der Waals surface area contributed by atoms with Gasteiger partial charge in [0.1, 0.15) is 11.3 Å². The smallest absolute Gasteiger partial charge is 0.335 e. The molecule has 0 aromatic heterocycles. The topological polar surface area (TPSA) is 113 Å².